The molecule has 0 aromatic heterocycles. The summed E-state index contributed by atoms with van der Waals surface area (Å²) in [4.78, 5) is 27.1. The second kappa shape index (κ2) is 7.99. The van der Waals surface area contributed by atoms with E-state index in [1.165, 1.54) is 12.1 Å². The van der Waals surface area contributed by atoms with Crippen LogP contribution in [0.5, 0.6) is 0 Å². The molecule has 1 N–H and O–H groups in total. The van der Waals surface area contributed by atoms with Gasteiger partial charge in [-0.05, 0) is 48.2 Å². The molecule has 2 amide bonds. The van der Waals surface area contributed by atoms with E-state index in [0.29, 0.717) is 18.2 Å². The summed E-state index contributed by atoms with van der Waals surface area (Å²) in [6.07, 6.45) is 1.25. The maximum absolute atomic E-state index is 12.8. The van der Waals surface area contributed by atoms with Crippen molar-refractivity contribution in [2.24, 2.45) is 5.92 Å². The highest BCUT2D eigenvalue weighted by atomic mass is 32.2. The predicted molar refractivity (Wildman–Crippen MR) is 114 cm³/mol. The van der Waals surface area contributed by atoms with Gasteiger partial charge in [-0.3, -0.25) is 9.59 Å². The van der Waals surface area contributed by atoms with Crippen molar-refractivity contribution in [2.75, 3.05) is 23.0 Å². The highest BCUT2D eigenvalue weighted by molar-refractivity contribution is 7.90. The summed E-state index contributed by atoms with van der Waals surface area (Å²) >= 11 is 0. The molecule has 0 radical (unpaired) electrons. The molecular formula is C22H26N2O4S. The number of hydrogen-bond acceptors (Lipinski definition) is 4. The monoisotopic (exact) mass is 414 g/mol. The molecule has 0 aliphatic carbocycles. The van der Waals surface area contributed by atoms with Gasteiger partial charge in [0.15, 0.2) is 9.84 Å². The number of nitrogens with one attached hydrogen (secondary N) is 1. The van der Waals surface area contributed by atoms with Crippen LogP contribution < -0.4 is 10.2 Å². The van der Waals surface area contributed by atoms with Gasteiger partial charge in [0, 0.05) is 30.6 Å². The molecule has 3 rings (SSSR count). The summed E-state index contributed by atoms with van der Waals surface area (Å²) in [7, 11) is -3.38. The first-order valence-corrected chi connectivity index (χ1v) is 11.5. The Morgan fingerprint density at radius 3 is 2.55 bits per heavy atom. The third-order valence-electron chi connectivity index (χ3n) is 5.24. The first-order chi connectivity index (χ1) is 13.6. The van der Waals surface area contributed by atoms with Gasteiger partial charge in [0.25, 0.3) is 0 Å². The number of anilines is 2. The maximum Gasteiger partial charge on any atom is 0.229 e. The molecule has 1 atom stereocenters. The lowest BCUT2D eigenvalue weighted by Crippen LogP contribution is -2.28. The average Bonchev–Trinajstić information content (AvgIpc) is 3.04. The Balaban J connectivity index is 1.77. The van der Waals surface area contributed by atoms with E-state index in [9.17, 15) is 18.0 Å². The van der Waals surface area contributed by atoms with Crippen molar-refractivity contribution < 1.29 is 18.0 Å². The molecule has 7 heteroatoms. The molecule has 1 fully saturated rings. The first kappa shape index (κ1) is 21.0. The van der Waals surface area contributed by atoms with Gasteiger partial charge < -0.3 is 10.2 Å². The van der Waals surface area contributed by atoms with Crippen molar-refractivity contribution in [1.82, 2.24) is 0 Å². The molecule has 154 valence electrons. The summed E-state index contributed by atoms with van der Waals surface area (Å²) in [6.45, 7) is 6.28. The van der Waals surface area contributed by atoms with Crippen molar-refractivity contribution in [3.8, 4) is 0 Å². The largest absolute Gasteiger partial charge is 0.325 e. The summed E-state index contributed by atoms with van der Waals surface area (Å²) in [6, 6.07) is 12.5. The quantitative estimate of drug-likeness (QED) is 0.811. The van der Waals surface area contributed by atoms with Gasteiger partial charge in [-0.25, -0.2) is 8.42 Å². The normalized spacial score (nSPS) is 17.1. The second-order valence-corrected chi connectivity index (χ2v) is 9.91. The van der Waals surface area contributed by atoms with Gasteiger partial charge in [-0.2, -0.15) is 0 Å². The van der Waals surface area contributed by atoms with E-state index >= 15 is 0 Å². The molecular weight excluding hydrogens is 388 g/mol. The number of benzene rings is 2. The predicted octanol–water partition coefficient (Wildman–Crippen LogP) is 3.51. The fourth-order valence-electron chi connectivity index (χ4n) is 3.39. The van der Waals surface area contributed by atoms with Gasteiger partial charge in [-0.1, -0.05) is 32.0 Å². The van der Waals surface area contributed by atoms with E-state index in [0.717, 1.165) is 23.1 Å². The van der Waals surface area contributed by atoms with Crippen LogP contribution in [0.3, 0.4) is 0 Å². The summed E-state index contributed by atoms with van der Waals surface area (Å²) in [5.74, 6) is -0.523. The molecule has 2 aromatic carbocycles. The average molecular weight is 415 g/mol. The minimum Gasteiger partial charge on any atom is -0.325 e. The van der Waals surface area contributed by atoms with Crippen LogP contribution >= 0.6 is 0 Å². The number of carbonyl (C=O) groups excluding carboxylic acids is 2. The van der Waals surface area contributed by atoms with Crippen LogP contribution in [0.4, 0.5) is 11.4 Å². The number of hydrogen-bond donors (Lipinski definition) is 1. The molecule has 1 saturated heterocycles. The first-order valence-electron chi connectivity index (χ1n) is 9.58. The molecule has 0 bridgehead atoms. The van der Waals surface area contributed by atoms with E-state index in [4.69, 9.17) is 0 Å². The van der Waals surface area contributed by atoms with Gasteiger partial charge in [0.1, 0.15) is 0 Å². The van der Waals surface area contributed by atoms with Crippen molar-refractivity contribution in [3.63, 3.8) is 0 Å². The van der Waals surface area contributed by atoms with Gasteiger partial charge >= 0.3 is 0 Å². The van der Waals surface area contributed by atoms with Crippen LogP contribution in [0, 0.1) is 12.8 Å². The Kier molecular flexibility index (Phi) is 5.80. The number of aryl methyl sites for hydroxylation is 1. The Bertz CT molecular complexity index is 1060. The lowest BCUT2D eigenvalue weighted by molar-refractivity contribution is -0.122. The zero-order chi connectivity index (χ0) is 21.3. The zero-order valence-corrected chi connectivity index (χ0v) is 17.9. The minimum absolute atomic E-state index is 0.0901. The minimum atomic E-state index is -3.38. The fraction of sp³-hybridized carbons (Fsp3) is 0.364. The lowest BCUT2D eigenvalue weighted by Gasteiger charge is -2.19. The number of carbonyl (C=O) groups is 2. The Labute approximate surface area is 171 Å². The van der Waals surface area contributed by atoms with E-state index < -0.39 is 15.8 Å². The van der Waals surface area contributed by atoms with Crippen molar-refractivity contribution >= 4 is 33.0 Å². The Hall–Kier alpha value is -2.67. The Morgan fingerprint density at radius 2 is 1.90 bits per heavy atom. The SMILES string of the molecule is Cc1ccc(S(C)(=O)=O)cc1NC(=O)[C@H]1CC(=O)N(c2cccc(C(C)C)c2)C1. The number of nitrogens with zero attached hydrogens (tertiary/aromatic N) is 1. The highest BCUT2D eigenvalue weighted by Gasteiger charge is 2.35. The van der Waals surface area contributed by atoms with E-state index in [-0.39, 0.29) is 23.1 Å². The maximum atomic E-state index is 12.8. The molecule has 6 nitrogen and oxygen atoms in total. The summed E-state index contributed by atoms with van der Waals surface area (Å²) < 4.78 is 23.6. The summed E-state index contributed by atoms with van der Waals surface area (Å²) in [5.41, 5.74) is 3.14. The molecule has 1 aliphatic heterocycles. The molecule has 0 saturated carbocycles. The molecule has 1 heterocycles. The van der Waals surface area contributed by atoms with E-state index in [2.05, 4.69) is 19.2 Å². The molecule has 1 aliphatic rings. The van der Waals surface area contributed by atoms with Gasteiger partial charge in [0.05, 0.1) is 10.8 Å². The standard InChI is InChI=1S/C22H26N2O4S/c1-14(2)16-6-5-7-18(10-16)24-13-17(11-21(24)25)22(26)23-20-12-19(29(4,27)28)9-8-15(20)3/h5-10,12,14,17H,11,13H2,1-4H3,(H,23,26)/t17-/m0/s1. The number of rotatable bonds is 5. The van der Waals surface area contributed by atoms with Crippen LogP contribution in [-0.2, 0) is 19.4 Å². The van der Waals surface area contributed by atoms with Crippen LogP contribution in [0.25, 0.3) is 0 Å². The van der Waals surface area contributed by atoms with Gasteiger partial charge in [0.2, 0.25) is 11.8 Å². The van der Waals surface area contributed by atoms with Crippen LogP contribution in [0.2, 0.25) is 0 Å². The van der Waals surface area contributed by atoms with E-state index in [1.54, 1.807) is 17.9 Å². The number of sulfone groups is 1. The molecule has 0 spiro atoms. The molecule has 29 heavy (non-hydrogen) atoms. The number of amides is 2. The van der Waals surface area contributed by atoms with Crippen molar-refractivity contribution in [3.05, 3.63) is 53.6 Å². The van der Waals surface area contributed by atoms with Crippen molar-refractivity contribution in [2.45, 2.75) is 38.0 Å². The van der Waals surface area contributed by atoms with Crippen molar-refractivity contribution in [1.29, 1.82) is 0 Å². The second-order valence-electron chi connectivity index (χ2n) is 7.89. The zero-order valence-electron chi connectivity index (χ0n) is 17.1. The molecule has 0 unspecified atom stereocenters. The van der Waals surface area contributed by atoms with Crippen LogP contribution in [0.1, 0.15) is 37.3 Å². The third kappa shape index (κ3) is 4.67. The summed E-state index contributed by atoms with van der Waals surface area (Å²) in [5, 5.41) is 2.80. The topological polar surface area (TPSA) is 83.5 Å². The third-order valence-corrected chi connectivity index (χ3v) is 6.35. The lowest BCUT2D eigenvalue weighted by atomic mass is 10.0. The highest BCUT2D eigenvalue weighted by Crippen LogP contribution is 2.29. The smallest absolute Gasteiger partial charge is 0.229 e. The van der Waals surface area contributed by atoms with Crippen LogP contribution in [-0.4, -0.2) is 33.0 Å². The van der Waals surface area contributed by atoms with Crippen LogP contribution in [0.15, 0.2) is 47.4 Å². The Morgan fingerprint density at radius 1 is 1.17 bits per heavy atom. The fourth-order valence-corrected chi connectivity index (χ4v) is 4.03. The van der Waals surface area contributed by atoms with E-state index in [1.807, 2.05) is 24.3 Å². The molecule has 2 aromatic rings. The van der Waals surface area contributed by atoms with Gasteiger partial charge in [-0.15, -0.1) is 0 Å².